The molecule has 0 aromatic carbocycles. The Labute approximate surface area is 56.1 Å². The van der Waals surface area contributed by atoms with Crippen LogP contribution < -0.4 is 0 Å². The molecule has 1 rings (SSSR count). The molecule has 0 aromatic heterocycles. The van der Waals surface area contributed by atoms with Crippen LogP contribution in [0.2, 0.25) is 0 Å². The molecule has 2 heteroatoms. The number of hydrogen-bond acceptors (Lipinski definition) is 2. The van der Waals surface area contributed by atoms with Gasteiger partial charge in [-0.3, -0.25) is 0 Å². The Morgan fingerprint density at radius 3 is 3.00 bits per heavy atom. The first kappa shape index (κ1) is 6.57. The number of likely N-dealkylation sites (tertiary alicyclic amines) is 1. The fraction of sp³-hybridized carbons (Fsp3) is 0.714. The molecule has 49 valence electrons. The van der Waals surface area contributed by atoms with E-state index in [1.165, 1.54) is 0 Å². The van der Waals surface area contributed by atoms with Crippen LogP contribution in [0.1, 0.15) is 12.8 Å². The van der Waals surface area contributed by atoms with Gasteiger partial charge in [0.2, 0.25) is 0 Å². The SMILES string of the molecule is CN1[CH]CC(C#N)CC1. The minimum atomic E-state index is 0.279. The Kier molecular flexibility index (Phi) is 2.07. The van der Waals surface area contributed by atoms with Crippen molar-refractivity contribution >= 4 is 0 Å². The topological polar surface area (TPSA) is 27.0 Å². The van der Waals surface area contributed by atoms with E-state index in [2.05, 4.69) is 17.5 Å². The second-order valence-corrected chi connectivity index (χ2v) is 2.51. The molecule has 0 amide bonds. The van der Waals surface area contributed by atoms with Crippen molar-refractivity contribution in [3.05, 3.63) is 6.54 Å². The van der Waals surface area contributed by atoms with E-state index in [0.717, 1.165) is 19.4 Å². The molecule has 1 unspecified atom stereocenters. The minimum absolute atomic E-state index is 0.279. The van der Waals surface area contributed by atoms with Crippen molar-refractivity contribution in [2.24, 2.45) is 5.92 Å². The molecule has 0 bridgehead atoms. The highest BCUT2D eigenvalue weighted by atomic mass is 15.1. The summed E-state index contributed by atoms with van der Waals surface area (Å²) in [7, 11) is 2.05. The normalized spacial score (nSPS) is 23.6. The van der Waals surface area contributed by atoms with Gasteiger partial charge in [0.1, 0.15) is 0 Å². The maximum atomic E-state index is 8.49. The number of piperidine rings is 1. The van der Waals surface area contributed by atoms with Crippen LogP contribution in [-0.2, 0) is 0 Å². The molecular formula is C7H11N2. The maximum Gasteiger partial charge on any atom is 0.0656 e. The van der Waals surface area contributed by atoms with Crippen molar-refractivity contribution in [2.75, 3.05) is 13.6 Å². The van der Waals surface area contributed by atoms with Crippen LogP contribution in [0, 0.1) is 23.8 Å². The van der Waals surface area contributed by atoms with Gasteiger partial charge in [0, 0.05) is 12.5 Å². The lowest BCUT2D eigenvalue weighted by Crippen LogP contribution is -2.25. The van der Waals surface area contributed by atoms with Gasteiger partial charge in [-0.05, 0) is 26.4 Å². The molecule has 0 spiro atoms. The summed E-state index contributed by atoms with van der Waals surface area (Å²) >= 11 is 0. The minimum Gasteiger partial charge on any atom is -0.302 e. The second-order valence-electron chi connectivity index (χ2n) is 2.51. The molecule has 0 aromatic rings. The zero-order chi connectivity index (χ0) is 6.69. The van der Waals surface area contributed by atoms with Crippen molar-refractivity contribution in [3.8, 4) is 6.07 Å². The molecule has 1 aliphatic rings. The number of hydrogen-bond donors (Lipinski definition) is 0. The first-order valence-electron chi connectivity index (χ1n) is 3.26. The van der Waals surface area contributed by atoms with E-state index in [1.54, 1.807) is 0 Å². The summed E-state index contributed by atoms with van der Waals surface area (Å²) in [6.45, 7) is 3.13. The Morgan fingerprint density at radius 2 is 2.56 bits per heavy atom. The van der Waals surface area contributed by atoms with E-state index < -0.39 is 0 Å². The summed E-state index contributed by atoms with van der Waals surface area (Å²) in [5, 5.41) is 8.49. The molecule has 0 aliphatic carbocycles. The molecule has 9 heavy (non-hydrogen) atoms. The van der Waals surface area contributed by atoms with Crippen molar-refractivity contribution < 1.29 is 0 Å². The highest BCUT2D eigenvalue weighted by molar-refractivity contribution is 4.90. The third-order valence-corrected chi connectivity index (χ3v) is 1.71. The van der Waals surface area contributed by atoms with Crippen LogP contribution in [0.4, 0.5) is 0 Å². The highest BCUT2D eigenvalue weighted by Gasteiger charge is 2.15. The zero-order valence-electron chi connectivity index (χ0n) is 5.67. The van der Waals surface area contributed by atoms with Crippen molar-refractivity contribution in [1.29, 1.82) is 5.26 Å². The van der Waals surface area contributed by atoms with Gasteiger partial charge >= 0.3 is 0 Å². The van der Waals surface area contributed by atoms with Gasteiger partial charge in [-0.1, -0.05) is 0 Å². The standard InChI is InChI=1S/C7H11N2/c1-9-4-2-7(6-8)3-5-9/h4,7H,2-3,5H2,1H3. The molecule has 1 radical (unpaired) electrons. The fourth-order valence-corrected chi connectivity index (χ4v) is 0.993. The summed E-state index contributed by atoms with van der Waals surface area (Å²) in [6, 6.07) is 2.27. The van der Waals surface area contributed by atoms with Crippen LogP contribution in [-0.4, -0.2) is 18.5 Å². The monoisotopic (exact) mass is 123 g/mol. The molecule has 0 N–H and O–H groups in total. The second kappa shape index (κ2) is 2.84. The van der Waals surface area contributed by atoms with E-state index >= 15 is 0 Å². The molecule has 1 fully saturated rings. The highest BCUT2D eigenvalue weighted by Crippen LogP contribution is 2.16. The van der Waals surface area contributed by atoms with Crippen molar-refractivity contribution in [1.82, 2.24) is 4.90 Å². The summed E-state index contributed by atoms with van der Waals surface area (Å²) < 4.78 is 0. The van der Waals surface area contributed by atoms with Crippen molar-refractivity contribution in [3.63, 3.8) is 0 Å². The summed E-state index contributed by atoms with van der Waals surface area (Å²) in [5.74, 6) is 0.279. The van der Waals surface area contributed by atoms with Crippen LogP contribution in [0.25, 0.3) is 0 Å². The van der Waals surface area contributed by atoms with Crippen LogP contribution >= 0.6 is 0 Å². The van der Waals surface area contributed by atoms with Gasteiger partial charge in [0.25, 0.3) is 0 Å². The van der Waals surface area contributed by atoms with E-state index in [1.807, 2.05) is 7.05 Å². The smallest absolute Gasteiger partial charge is 0.0656 e. The van der Waals surface area contributed by atoms with Crippen molar-refractivity contribution in [2.45, 2.75) is 12.8 Å². The Morgan fingerprint density at radius 1 is 1.78 bits per heavy atom. The Hall–Kier alpha value is -0.550. The van der Waals surface area contributed by atoms with Gasteiger partial charge in [-0.2, -0.15) is 5.26 Å². The predicted octanol–water partition coefficient (Wildman–Crippen LogP) is 1.01. The largest absolute Gasteiger partial charge is 0.302 e. The van der Waals surface area contributed by atoms with Gasteiger partial charge in [0.15, 0.2) is 0 Å². The van der Waals surface area contributed by atoms with Crippen LogP contribution in [0.3, 0.4) is 0 Å². The number of rotatable bonds is 0. The first-order chi connectivity index (χ1) is 4.33. The third kappa shape index (κ3) is 1.69. The quantitative estimate of drug-likeness (QED) is 0.480. The first-order valence-corrected chi connectivity index (χ1v) is 3.26. The zero-order valence-corrected chi connectivity index (χ0v) is 5.67. The number of nitriles is 1. The molecule has 1 atom stereocenters. The van der Waals surface area contributed by atoms with Gasteiger partial charge in [0.05, 0.1) is 6.07 Å². The average Bonchev–Trinajstić information content (AvgIpc) is 1.90. The molecular weight excluding hydrogens is 112 g/mol. The van der Waals surface area contributed by atoms with E-state index in [9.17, 15) is 0 Å². The molecule has 1 aliphatic heterocycles. The average molecular weight is 123 g/mol. The van der Waals surface area contributed by atoms with Gasteiger partial charge in [-0.15, -0.1) is 0 Å². The molecule has 1 saturated heterocycles. The summed E-state index contributed by atoms with van der Waals surface area (Å²) in [4.78, 5) is 2.15. The molecule has 0 saturated carbocycles. The van der Waals surface area contributed by atoms with E-state index in [0.29, 0.717) is 0 Å². The summed E-state index contributed by atoms with van der Waals surface area (Å²) in [6.07, 6.45) is 1.97. The predicted molar refractivity (Wildman–Crippen MR) is 35.3 cm³/mol. The lowest BCUT2D eigenvalue weighted by atomic mass is 9.99. The van der Waals surface area contributed by atoms with Crippen LogP contribution in [0.5, 0.6) is 0 Å². The number of nitrogens with zero attached hydrogens (tertiary/aromatic N) is 2. The third-order valence-electron chi connectivity index (χ3n) is 1.71. The lowest BCUT2D eigenvalue weighted by molar-refractivity contribution is 0.302. The Bertz CT molecular complexity index is 117. The van der Waals surface area contributed by atoms with Crippen LogP contribution in [0.15, 0.2) is 0 Å². The fourth-order valence-electron chi connectivity index (χ4n) is 0.993. The van der Waals surface area contributed by atoms with Gasteiger partial charge in [-0.25, -0.2) is 0 Å². The summed E-state index contributed by atoms with van der Waals surface area (Å²) in [5.41, 5.74) is 0. The molecule has 1 heterocycles. The maximum absolute atomic E-state index is 8.49. The Balaban J connectivity index is 2.28. The van der Waals surface area contributed by atoms with E-state index in [-0.39, 0.29) is 5.92 Å². The van der Waals surface area contributed by atoms with Gasteiger partial charge < -0.3 is 4.90 Å². The lowest BCUT2D eigenvalue weighted by Gasteiger charge is -2.23. The molecule has 2 nitrogen and oxygen atoms in total. The van der Waals surface area contributed by atoms with E-state index in [4.69, 9.17) is 5.26 Å².